The van der Waals surface area contributed by atoms with Gasteiger partial charge in [0.15, 0.2) is 0 Å². The summed E-state index contributed by atoms with van der Waals surface area (Å²) in [6.45, 7) is 0. The van der Waals surface area contributed by atoms with E-state index in [2.05, 4.69) is 10.0 Å². The number of nitrogens with one attached hydrogen (secondary N) is 2. The lowest BCUT2D eigenvalue weighted by Gasteiger charge is -2.11. The van der Waals surface area contributed by atoms with Crippen LogP contribution in [0.2, 0.25) is 5.02 Å². The summed E-state index contributed by atoms with van der Waals surface area (Å²) in [7, 11) is -3.76. The fraction of sp³-hybridized carbons (Fsp3) is 0. The SMILES string of the molecule is O=S(=O)(Nc1ccc(Nc2c(F)cccc2F)cc1)c1ccc(Cl)cc1. The van der Waals surface area contributed by atoms with Crippen molar-refractivity contribution in [2.75, 3.05) is 10.0 Å². The van der Waals surface area contributed by atoms with Gasteiger partial charge in [0, 0.05) is 16.4 Å². The topological polar surface area (TPSA) is 58.2 Å². The number of hydrogen-bond acceptors (Lipinski definition) is 3. The van der Waals surface area contributed by atoms with Gasteiger partial charge in [0.2, 0.25) is 0 Å². The first-order valence-electron chi connectivity index (χ1n) is 7.45. The Bertz CT molecular complexity index is 1000. The summed E-state index contributed by atoms with van der Waals surface area (Å²) < 4.78 is 54.3. The van der Waals surface area contributed by atoms with Crippen LogP contribution in [0, 0.1) is 11.6 Å². The highest BCUT2D eigenvalue weighted by Gasteiger charge is 2.14. The van der Waals surface area contributed by atoms with E-state index in [0.717, 1.165) is 12.1 Å². The predicted molar refractivity (Wildman–Crippen MR) is 98.3 cm³/mol. The Balaban J connectivity index is 1.76. The first-order valence-corrected chi connectivity index (χ1v) is 9.31. The molecule has 3 rings (SSSR count). The number of rotatable bonds is 5. The second-order valence-corrected chi connectivity index (χ2v) is 7.48. The maximum atomic E-state index is 13.7. The van der Waals surface area contributed by atoms with E-state index in [0.29, 0.717) is 16.4 Å². The third kappa shape index (κ3) is 4.12. The first kappa shape index (κ1) is 18.2. The lowest BCUT2D eigenvalue weighted by molar-refractivity contribution is 0.590. The third-order valence-electron chi connectivity index (χ3n) is 3.49. The molecule has 0 saturated heterocycles. The number of benzene rings is 3. The first-order chi connectivity index (χ1) is 12.3. The largest absolute Gasteiger partial charge is 0.351 e. The van der Waals surface area contributed by atoms with Crippen molar-refractivity contribution in [3.8, 4) is 0 Å². The lowest BCUT2D eigenvalue weighted by Crippen LogP contribution is -2.12. The Morgan fingerprint density at radius 2 is 1.31 bits per heavy atom. The summed E-state index contributed by atoms with van der Waals surface area (Å²) in [5.74, 6) is -1.45. The standard InChI is InChI=1S/C18H13ClF2N2O2S/c19-12-4-10-15(11-5-12)26(24,25)23-14-8-6-13(7-9-14)22-18-16(20)2-1-3-17(18)21/h1-11,22-23H. The molecule has 2 N–H and O–H groups in total. The molecule has 0 saturated carbocycles. The molecule has 3 aromatic carbocycles. The summed E-state index contributed by atoms with van der Waals surface area (Å²) in [5, 5.41) is 3.06. The molecule has 0 aliphatic heterocycles. The summed E-state index contributed by atoms with van der Waals surface area (Å²) >= 11 is 5.75. The molecule has 0 radical (unpaired) electrons. The molecule has 134 valence electrons. The number of halogens is 3. The minimum absolute atomic E-state index is 0.0672. The van der Waals surface area contributed by atoms with E-state index in [1.165, 1.54) is 54.6 Å². The molecule has 8 heteroatoms. The normalized spacial score (nSPS) is 11.2. The Morgan fingerprint density at radius 3 is 1.88 bits per heavy atom. The van der Waals surface area contributed by atoms with Crippen molar-refractivity contribution in [2.24, 2.45) is 0 Å². The molecule has 0 bridgehead atoms. The van der Waals surface area contributed by atoms with Crippen molar-refractivity contribution in [2.45, 2.75) is 4.90 Å². The maximum absolute atomic E-state index is 13.7. The van der Waals surface area contributed by atoms with E-state index in [1.54, 1.807) is 0 Å². The zero-order valence-corrected chi connectivity index (χ0v) is 14.8. The van der Waals surface area contributed by atoms with Gasteiger partial charge in [-0.3, -0.25) is 4.72 Å². The average Bonchev–Trinajstić information content (AvgIpc) is 2.60. The highest BCUT2D eigenvalue weighted by atomic mass is 35.5. The van der Waals surface area contributed by atoms with Gasteiger partial charge in [-0.25, -0.2) is 17.2 Å². The number of sulfonamides is 1. The summed E-state index contributed by atoms with van der Waals surface area (Å²) in [6, 6.07) is 15.3. The fourth-order valence-electron chi connectivity index (χ4n) is 2.21. The summed E-state index contributed by atoms with van der Waals surface area (Å²) in [5.41, 5.74) is 0.435. The zero-order valence-electron chi connectivity index (χ0n) is 13.2. The monoisotopic (exact) mass is 394 g/mol. The van der Waals surface area contributed by atoms with Crippen LogP contribution < -0.4 is 10.0 Å². The highest BCUT2D eigenvalue weighted by Crippen LogP contribution is 2.25. The van der Waals surface area contributed by atoms with Gasteiger partial charge in [-0.05, 0) is 60.7 Å². The number of anilines is 3. The van der Waals surface area contributed by atoms with E-state index in [4.69, 9.17) is 11.6 Å². The maximum Gasteiger partial charge on any atom is 0.261 e. The smallest absolute Gasteiger partial charge is 0.261 e. The van der Waals surface area contributed by atoms with Gasteiger partial charge < -0.3 is 5.32 Å². The van der Waals surface area contributed by atoms with E-state index in [1.807, 2.05) is 0 Å². The van der Waals surface area contributed by atoms with Crippen molar-refractivity contribution in [1.29, 1.82) is 0 Å². The van der Waals surface area contributed by atoms with Crippen LogP contribution in [0.15, 0.2) is 71.6 Å². The molecule has 0 amide bonds. The van der Waals surface area contributed by atoms with Gasteiger partial charge in [0.1, 0.15) is 17.3 Å². The van der Waals surface area contributed by atoms with Crippen LogP contribution in [0.5, 0.6) is 0 Å². The fourth-order valence-corrected chi connectivity index (χ4v) is 3.40. The van der Waals surface area contributed by atoms with Gasteiger partial charge in [-0.1, -0.05) is 17.7 Å². The Kier molecular flexibility index (Phi) is 5.11. The third-order valence-corrected chi connectivity index (χ3v) is 5.14. The minimum Gasteiger partial charge on any atom is -0.351 e. The molecule has 26 heavy (non-hydrogen) atoms. The molecule has 0 aromatic heterocycles. The van der Waals surface area contributed by atoms with Crippen molar-refractivity contribution in [3.63, 3.8) is 0 Å². The van der Waals surface area contributed by atoms with E-state index in [-0.39, 0.29) is 10.6 Å². The Hall–Kier alpha value is -2.64. The molecule has 0 heterocycles. The zero-order chi connectivity index (χ0) is 18.7. The molecule has 0 aliphatic carbocycles. The quantitative estimate of drug-likeness (QED) is 0.628. The predicted octanol–water partition coefficient (Wildman–Crippen LogP) is 5.16. The summed E-state index contributed by atoms with van der Waals surface area (Å²) in [6.07, 6.45) is 0. The van der Waals surface area contributed by atoms with Gasteiger partial charge >= 0.3 is 0 Å². The minimum atomic E-state index is -3.76. The Labute approximate surface area is 154 Å². The van der Waals surface area contributed by atoms with Crippen LogP contribution in [-0.4, -0.2) is 8.42 Å². The van der Waals surface area contributed by atoms with Gasteiger partial charge in [0.05, 0.1) is 4.90 Å². The van der Waals surface area contributed by atoms with Crippen LogP contribution in [-0.2, 0) is 10.0 Å². The highest BCUT2D eigenvalue weighted by molar-refractivity contribution is 7.92. The van der Waals surface area contributed by atoms with E-state index in [9.17, 15) is 17.2 Å². The van der Waals surface area contributed by atoms with Gasteiger partial charge in [-0.2, -0.15) is 0 Å². The van der Waals surface area contributed by atoms with Crippen molar-refractivity contribution in [3.05, 3.63) is 83.4 Å². The summed E-state index contributed by atoms with van der Waals surface area (Å²) in [4.78, 5) is 0.0672. The van der Waals surface area contributed by atoms with E-state index >= 15 is 0 Å². The lowest BCUT2D eigenvalue weighted by atomic mass is 10.2. The molecule has 0 fully saturated rings. The van der Waals surface area contributed by atoms with E-state index < -0.39 is 21.7 Å². The van der Waals surface area contributed by atoms with Crippen LogP contribution >= 0.6 is 11.6 Å². The molecule has 0 unspecified atom stereocenters. The van der Waals surface area contributed by atoms with Crippen molar-refractivity contribution in [1.82, 2.24) is 0 Å². The van der Waals surface area contributed by atoms with Crippen LogP contribution in [0.25, 0.3) is 0 Å². The van der Waals surface area contributed by atoms with Crippen molar-refractivity contribution < 1.29 is 17.2 Å². The molecular weight excluding hydrogens is 382 g/mol. The van der Waals surface area contributed by atoms with Crippen LogP contribution in [0.1, 0.15) is 0 Å². The van der Waals surface area contributed by atoms with Gasteiger partial charge in [0.25, 0.3) is 10.0 Å². The molecule has 3 aromatic rings. The second kappa shape index (κ2) is 7.31. The Morgan fingerprint density at radius 1 is 0.769 bits per heavy atom. The molecule has 4 nitrogen and oxygen atoms in total. The average molecular weight is 395 g/mol. The molecule has 0 atom stereocenters. The molecule has 0 spiro atoms. The van der Waals surface area contributed by atoms with Crippen LogP contribution in [0.4, 0.5) is 25.8 Å². The van der Waals surface area contributed by atoms with Crippen molar-refractivity contribution >= 4 is 38.7 Å². The number of hydrogen-bond donors (Lipinski definition) is 2. The second-order valence-electron chi connectivity index (χ2n) is 5.36. The molecule has 0 aliphatic rings. The van der Waals surface area contributed by atoms with Gasteiger partial charge in [-0.15, -0.1) is 0 Å². The molecular formula is C18H13ClF2N2O2S. The number of para-hydroxylation sites is 1. The van der Waals surface area contributed by atoms with Crippen LogP contribution in [0.3, 0.4) is 0 Å².